The van der Waals surface area contributed by atoms with E-state index in [9.17, 15) is 0 Å². The van der Waals surface area contributed by atoms with Crippen molar-refractivity contribution in [2.75, 3.05) is 18.5 Å². The van der Waals surface area contributed by atoms with Crippen molar-refractivity contribution in [3.63, 3.8) is 0 Å². The van der Waals surface area contributed by atoms with Crippen LogP contribution in [0, 0.1) is 0 Å². The van der Waals surface area contributed by atoms with E-state index in [1.54, 1.807) is 0 Å². The normalized spacial score (nSPS) is 12.3. The Bertz CT molecular complexity index is 501. The molecule has 0 aliphatic rings. The fraction of sp³-hybridized carbons (Fsp3) is 0.294. The summed E-state index contributed by atoms with van der Waals surface area (Å²) in [5.74, 6) is 0.0171. The predicted molar refractivity (Wildman–Crippen MR) is 89.4 cm³/mol. The number of hydrogen-bond donors (Lipinski definition) is 1. The molecule has 21 heavy (non-hydrogen) atoms. The van der Waals surface area contributed by atoms with Crippen molar-refractivity contribution in [2.24, 2.45) is 0 Å². The lowest BCUT2D eigenvalue weighted by Gasteiger charge is -2.27. The molecule has 0 aliphatic carbocycles. The third-order valence-corrected chi connectivity index (χ3v) is 4.79. The molecule has 0 bridgehead atoms. The highest BCUT2D eigenvalue weighted by molar-refractivity contribution is 7.47. The Kier molecular flexibility index (Phi) is 6.68. The maximum atomic E-state index is 5.85. The fourth-order valence-corrected chi connectivity index (χ4v) is 3.58. The lowest BCUT2D eigenvalue weighted by Crippen LogP contribution is -2.12. The van der Waals surface area contributed by atoms with E-state index in [1.807, 2.05) is 50.2 Å². The van der Waals surface area contributed by atoms with E-state index in [4.69, 9.17) is 9.05 Å². The highest BCUT2D eigenvalue weighted by Crippen LogP contribution is 2.52. The Morgan fingerprint density at radius 2 is 1.38 bits per heavy atom. The number of nitrogens with one attached hydrogen (secondary N) is 1. The lowest BCUT2D eigenvalue weighted by atomic mass is 10.2. The summed E-state index contributed by atoms with van der Waals surface area (Å²) >= 11 is 0. The molecule has 0 fully saturated rings. The van der Waals surface area contributed by atoms with E-state index in [2.05, 4.69) is 29.6 Å². The summed E-state index contributed by atoms with van der Waals surface area (Å²) in [7, 11) is -1.04. The van der Waals surface area contributed by atoms with Gasteiger partial charge in [-0.25, -0.2) is 0 Å². The van der Waals surface area contributed by atoms with E-state index in [0.29, 0.717) is 13.2 Å². The smallest absolute Gasteiger partial charge is 0.199 e. The van der Waals surface area contributed by atoms with Crippen LogP contribution >= 0.6 is 8.38 Å². The van der Waals surface area contributed by atoms with Gasteiger partial charge in [0.15, 0.2) is 8.38 Å². The third kappa shape index (κ3) is 4.82. The van der Waals surface area contributed by atoms with Gasteiger partial charge >= 0.3 is 0 Å². The summed E-state index contributed by atoms with van der Waals surface area (Å²) < 4.78 is 11.7. The molecule has 2 aromatic carbocycles. The van der Waals surface area contributed by atoms with Gasteiger partial charge in [0.25, 0.3) is 0 Å². The third-order valence-electron chi connectivity index (χ3n) is 2.92. The molecule has 0 amide bonds. The molecule has 112 valence electrons. The monoisotopic (exact) mass is 303 g/mol. The molecule has 0 aliphatic heterocycles. The number of rotatable bonds is 8. The molecule has 0 radical (unpaired) electrons. The summed E-state index contributed by atoms with van der Waals surface area (Å²) in [6.45, 7) is 5.29. The average Bonchev–Trinajstić information content (AvgIpc) is 2.54. The van der Waals surface area contributed by atoms with Gasteiger partial charge in [-0.05, 0) is 31.5 Å². The predicted octanol–water partition coefficient (Wildman–Crippen LogP) is 5.18. The van der Waals surface area contributed by atoms with Gasteiger partial charge in [0.1, 0.15) is 5.78 Å². The van der Waals surface area contributed by atoms with Gasteiger partial charge in [0, 0.05) is 5.69 Å². The van der Waals surface area contributed by atoms with Gasteiger partial charge in [-0.2, -0.15) is 0 Å². The van der Waals surface area contributed by atoms with Crippen LogP contribution in [0.4, 0.5) is 5.69 Å². The minimum absolute atomic E-state index is 0.0171. The second-order valence-corrected chi connectivity index (χ2v) is 6.05. The first kappa shape index (κ1) is 16.0. The molecule has 0 aromatic heterocycles. The molecular weight excluding hydrogens is 281 g/mol. The summed E-state index contributed by atoms with van der Waals surface area (Å²) in [5.41, 5.74) is 2.24. The average molecular weight is 303 g/mol. The first-order valence-electron chi connectivity index (χ1n) is 7.26. The zero-order chi connectivity index (χ0) is 14.9. The molecule has 4 heteroatoms. The maximum absolute atomic E-state index is 5.85. The molecule has 0 heterocycles. The number of para-hydroxylation sites is 1. The summed E-state index contributed by atoms with van der Waals surface area (Å²) in [6.07, 6.45) is 0. The van der Waals surface area contributed by atoms with E-state index in [1.165, 1.54) is 5.56 Å². The Labute approximate surface area is 128 Å². The summed E-state index contributed by atoms with van der Waals surface area (Å²) in [5, 5.41) is 3.54. The van der Waals surface area contributed by atoms with Crippen LogP contribution in [-0.4, -0.2) is 13.2 Å². The van der Waals surface area contributed by atoms with Crippen molar-refractivity contribution < 1.29 is 9.05 Å². The van der Waals surface area contributed by atoms with Crippen molar-refractivity contribution in [2.45, 2.75) is 19.6 Å². The quantitative estimate of drug-likeness (QED) is 0.681. The Morgan fingerprint density at radius 1 is 0.857 bits per heavy atom. The second-order valence-electron chi connectivity index (χ2n) is 4.44. The largest absolute Gasteiger partial charge is 0.370 e. The Hall–Kier alpha value is -1.41. The minimum atomic E-state index is -1.04. The van der Waals surface area contributed by atoms with Crippen molar-refractivity contribution in [3.8, 4) is 0 Å². The highest BCUT2D eigenvalue weighted by Gasteiger charge is 2.25. The fourth-order valence-electron chi connectivity index (χ4n) is 2.03. The van der Waals surface area contributed by atoms with E-state index >= 15 is 0 Å². The van der Waals surface area contributed by atoms with E-state index in [-0.39, 0.29) is 5.78 Å². The van der Waals surface area contributed by atoms with Gasteiger partial charge in [-0.1, -0.05) is 48.5 Å². The molecule has 2 aromatic rings. The van der Waals surface area contributed by atoms with Crippen molar-refractivity contribution >= 4 is 14.1 Å². The van der Waals surface area contributed by atoms with Crippen molar-refractivity contribution in [1.82, 2.24) is 0 Å². The molecule has 1 N–H and O–H groups in total. The van der Waals surface area contributed by atoms with Crippen LogP contribution in [0.2, 0.25) is 0 Å². The van der Waals surface area contributed by atoms with E-state index < -0.39 is 8.38 Å². The molecule has 0 spiro atoms. The molecule has 1 atom stereocenters. The Balaban J connectivity index is 2.24. The van der Waals surface area contributed by atoms with Crippen LogP contribution in [0.1, 0.15) is 25.2 Å². The molecule has 0 saturated carbocycles. The van der Waals surface area contributed by atoms with Crippen LogP contribution in [-0.2, 0) is 9.05 Å². The minimum Gasteiger partial charge on any atom is -0.370 e. The standard InChI is InChI=1S/C17H22NO2P/c1-3-19-21(20-4-2)17(15-11-7-5-8-12-15)18-16-13-9-6-10-14-16/h5-14,17-18H,3-4H2,1-2H3. The molecule has 2 rings (SSSR count). The van der Waals surface area contributed by atoms with Crippen LogP contribution in [0.15, 0.2) is 60.7 Å². The Morgan fingerprint density at radius 3 is 1.90 bits per heavy atom. The second kappa shape index (κ2) is 8.78. The van der Waals surface area contributed by atoms with Gasteiger partial charge in [0.2, 0.25) is 0 Å². The summed E-state index contributed by atoms with van der Waals surface area (Å²) in [4.78, 5) is 0. The maximum Gasteiger partial charge on any atom is 0.199 e. The zero-order valence-corrected chi connectivity index (χ0v) is 13.4. The first-order valence-corrected chi connectivity index (χ1v) is 8.51. The van der Waals surface area contributed by atoms with Gasteiger partial charge in [0.05, 0.1) is 13.2 Å². The molecule has 3 nitrogen and oxygen atoms in total. The van der Waals surface area contributed by atoms with Gasteiger partial charge < -0.3 is 14.4 Å². The lowest BCUT2D eigenvalue weighted by molar-refractivity contribution is 0.264. The molecule has 0 saturated heterocycles. The topological polar surface area (TPSA) is 30.5 Å². The van der Waals surface area contributed by atoms with Gasteiger partial charge in [-0.15, -0.1) is 0 Å². The SMILES string of the molecule is CCOP(OCC)C(Nc1ccccc1)c1ccccc1. The van der Waals surface area contributed by atoms with Crippen molar-refractivity contribution in [3.05, 3.63) is 66.2 Å². The molecule has 1 unspecified atom stereocenters. The van der Waals surface area contributed by atoms with Crippen LogP contribution in [0.25, 0.3) is 0 Å². The zero-order valence-electron chi connectivity index (χ0n) is 12.5. The van der Waals surface area contributed by atoms with E-state index in [0.717, 1.165) is 5.69 Å². The first-order chi connectivity index (χ1) is 10.3. The number of anilines is 1. The van der Waals surface area contributed by atoms with Crippen LogP contribution < -0.4 is 5.32 Å². The highest BCUT2D eigenvalue weighted by atomic mass is 31.2. The number of benzene rings is 2. The van der Waals surface area contributed by atoms with Crippen molar-refractivity contribution in [1.29, 1.82) is 0 Å². The van der Waals surface area contributed by atoms with Gasteiger partial charge in [-0.3, -0.25) is 0 Å². The summed E-state index contributed by atoms with van der Waals surface area (Å²) in [6, 6.07) is 20.5. The molecular formula is C17H22NO2P. The van der Waals surface area contributed by atoms with Crippen LogP contribution in [0.3, 0.4) is 0 Å². The van der Waals surface area contributed by atoms with Crippen LogP contribution in [0.5, 0.6) is 0 Å². The number of hydrogen-bond acceptors (Lipinski definition) is 3.